The van der Waals surface area contributed by atoms with Crippen molar-refractivity contribution in [2.45, 2.75) is 31.5 Å². The van der Waals surface area contributed by atoms with Crippen LogP contribution in [0.2, 0.25) is 6.55 Å². The van der Waals surface area contributed by atoms with Gasteiger partial charge >= 0.3 is 29.6 Å². The maximum absolute atomic E-state index is 5.61. The van der Waals surface area contributed by atoms with Crippen LogP contribution < -0.4 is 0 Å². The van der Waals surface area contributed by atoms with E-state index in [0.29, 0.717) is 18.1 Å². The summed E-state index contributed by atoms with van der Waals surface area (Å²) in [6, 6.07) is 0. The molecule has 0 bridgehead atoms. The molecule has 1 aliphatic rings. The van der Waals surface area contributed by atoms with Gasteiger partial charge in [-0.15, -0.1) is 0 Å². The third-order valence-corrected chi connectivity index (χ3v) is 7.41. The van der Waals surface area contributed by atoms with Crippen LogP contribution in [0.15, 0.2) is 0 Å². The van der Waals surface area contributed by atoms with Gasteiger partial charge in [-0.3, -0.25) is 0 Å². The van der Waals surface area contributed by atoms with Gasteiger partial charge in [0.15, 0.2) is 0 Å². The van der Waals surface area contributed by atoms with Crippen LogP contribution >= 0.6 is 0 Å². The molecule has 0 spiro atoms. The molecule has 0 aliphatic carbocycles. The van der Waals surface area contributed by atoms with Crippen molar-refractivity contribution in [2.75, 3.05) is 6.61 Å². The topological polar surface area (TPSA) is 9.23 Å². The second kappa shape index (κ2) is 7.07. The summed E-state index contributed by atoms with van der Waals surface area (Å²) < 4.78 is 5.61. The first-order valence-corrected chi connectivity index (χ1v) is 10.3. The van der Waals surface area contributed by atoms with Crippen molar-refractivity contribution in [3.63, 3.8) is 0 Å². The molecule has 0 amide bonds. The van der Waals surface area contributed by atoms with E-state index in [9.17, 15) is 0 Å². The van der Waals surface area contributed by atoms with Gasteiger partial charge in [-0.2, -0.15) is 0 Å². The molecule has 1 rings (SSSR count). The summed E-state index contributed by atoms with van der Waals surface area (Å²) in [5.41, 5.74) is 0.801. The van der Waals surface area contributed by atoms with E-state index in [0.717, 1.165) is 12.3 Å². The van der Waals surface area contributed by atoms with E-state index in [1.807, 2.05) is 0 Å². The Hall–Kier alpha value is 1.39. The fraction of sp³-hybridized carbons (Fsp3) is 1.00. The Morgan fingerprint density at radius 1 is 1.40 bits per heavy atom. The number of rotatable bonds is 2. The Bertz CT molecular complexity index is 73.4. The molecule has 1 heterocycles. The number of ether oxygens (including phenoxy) is 1. The zero-order chi connectivity index (χ0) is 6.53. The van der Waals surface area contributed by atoms with Gasteiger partial charge < -0.3 is 4.74 Å². The third kappa shape index (κ3) is 4.31. The van der Waals surface area contributed by atoms with Crippen LogP contribution in [0.4, 0.5) is 0 Å². The van der Waals surface area contributed by atoms with Gasteiger partial charge in [0, 0.05) is 30.4 Å². The van der Waals surface area contributed by atoms with Crippen molar-refractivity contribution in [1.82, 2.24) is 0 Å². The molecule has 1 unspecified atom stereocenters. The Balaban J connectivity index is 0.000000810. The molecule has 0 aromatic carbocycles. The van der Waals surface area contributed by atoms with Gasteiger partial charge in [0.1, 0.15) is 0 Å². The number of hydrogen-bond donors (Lipinski definition) is 0. The first-order chi connectivity index (χ1) is 4.43. The molecule has 0 aromatic heterocycles. The Morgan fingerprint density at radius 2 is 2.20 bits per heavy atom. The second-order valence-corrected chi connectivity index (χ2v) is 10.00. The van der Waals surface area contributed by atoms with Gasteiger partial charge in [0.05, 0.1) is 0 Å². The summed E-state index contributed by atoms with van der Waals surface area (Å²) in [4.78, 5) is 0. The molecule has 1 saturated heterocycles. The molecule has 0 saturated carbocycles. The molecule has 56 valence electrons. The van der Waals surface area contributed by atoms with E-state index in [4.69, 9.17) is 4.74 Å². The first kappa shape index (κ1) is 11.4. The summed E-state index contributed by atoms with van der Waals surface area (Å²) >= 11 is 0. The SMILES string of the molecule is C[SiH2][SiH2]C1CCCCO1.[NaH]. The predicted octanol–water partition coefficient (Wildman–Crippen LogP) is -0.835. The van der Waals surface area contributed by atoms with E-state index in [-0.39, 0.29) is 29.6 Å². The standard InChI is InChI=1S/C6H16OSi2.Na.H/c1-8-9-6-4-2-3-5-7-6;;/h6H,2-5,8-9H2,1H3;;. The van der Waals surface area contributed by atoms with Crippen molar-refractivity contribution >= 4 is 47.6 Å². The quantitative estimate of drug-likeness (QED) is 0.509. The van der Waals surface area contributed by atoms with Gasteiger partial charge in [-0.05, 0) is 19.3 Å². The maximum atomic E-state index is 5.61. The minimum atomic E-state index is 0. The summed E-state index contributed by atoms with van der Waals surface area (Å²) in [6.07, 6.45) is 4.15. The molecular weight excluding hydrogens is 167 g/mol. The molecule has 0 N–H and O–H groups in total. The van der Waals surface area contributed by atoms with Gasteiger partial charge in [-0.1, -0.05) is 6.55 Å². The van der Waals surface area contributed by atoms with Crippen LogP contribution in [0.5, 0.6) is 0 Å². The second-order valence-electron chi connectivity index (χ2n) is 2.78. The van der Waals surface area contributed by atoms with Crippen LogP contribution in [-0.4, -0.2) is 60.0 Å². The third-order valence-electron chi connectivity index (χ3n) is 1.88. The zero-order valence-electron chi connectivity index (χ0n) is 6.23. The van der Waals surface area contributed by atoms with E-state index in [2.05, 4.69) is 6.55 Å². The monoisotopic (exact) mass is 184 g/mol. The average molecular weight is 184 g/mol. The van der Waals surface area contributed by atoms with Gasteiger partial charge in [0.2, 0.25) is 0 Å². The van der Waals surface area contributed by atoms with Crippen LogP contribution in [0, 0.1) is 0 Å². The van der Waals surface area contributed by atoms with E-state index in [1.165, 1.54) is 19.3 Å². The van der Waals surface area contributed by atoms with Crippen molar-refractivity contribution < 1.29 is 4.74 Å². The predicted molar refractivity (Wildman–Crippen MR) is 53.7 cm³/mol. The Labute approximate surface area is 90.0 Å². The molecule has 0 aromatic rings. The zero-order valence-corrected chi connectivity index (χ0v) is 9.06. The molecular formula is C6H17NaOSi2. The number of hydrogen-bond acceptors (Lipinski definition) is 1. The van der Waals surface area contributed by atoms with Crippen molar-refractivity contribution in [2.24, 2.45) is 0 Å². The minimum absolute atomic E-state index is 0. The fourth-order valence-corrected chi connectivity index (χ4v) is 6.21. The van der Waals surface area contributed by atoms with Crippen LogP contribution in [0.25, 0.3) is 0 Å². The summed E-state index contributed by atoms with van der Waals surface area (Å²) in [7, 11) is 0.676. The van der Waals surface area contributed by atoms with Crippen molar-refractivity contribution in [3.8, 4) is 0 Å². The Morgan fingerprint density at radius 3 is 2.70 bits per heavy atom. The van der Waals surface area contributed by atoms with Crippen LogP contribution in [0.1, 0.15) is 19.3 Å². The molecule has 4 heteroatoms. The average Bonchev–Trinajstić information content (AvgIpc) is 1.91. The van der Waals surface area contributed by atoms with Crippen molar-refractivity contribution in [1.29, 1.82) is 0 Å². The van der Waals surface area contributed by atoms with Crippen molar-refractivity contribution in [3.05, 3.63) is 0 Å². The molecule has 1 atom stereocenters. The van der Waals surface area contributed by atoms with Gasteiger partial charge in [-0.25, -0.2) is 0 Å². The summed E-state index contributed by atoms with van der Waals surface area (Å²) in [6.45, 7) is 3.48. The van der Waals surface area contributed by atoms with Gasteiger partial charge in [0.25, 0.3) is 0 Å². The van der Waals surface area contributed by atoms with E-state index < -0.39 is 0 Å². The van der Waals surface area contributed by atoms with E-state index >= 15 is 0 Å². The Kier molecular flexibility index (Phi) is 8.05. The molecule has 1 fully saturated rings. The summed E-state index contributed by atoms with van der Waals surface area (Å²) in [5, 5.41) is 0. The normalized spacial score (nSPS) is 27.9. The molecule has 1 aliphatic heterocycles. The van der Waals surface area contributed by atoms with Crippen LogP contribution in [-0.2, 0) is 4.74 Å². The van der Waals surface area contributed by atoms with Crippen LogP contribution in [0.3, 0.4) is 0 Å². The summed E-state index contributed by atoms with van der Waals surface area (Å²) in [5.74, 6) is 0. The van der Waals surface area contributed by atoms with E-state index in [1.54, 1.807) is 0 Å². The first-order valence-electron chi connectivity index (χ1n) is 4.05. The molecule has 0 radical (unpaired) electrons. The fourth-order valence-electron chi connectivity index (χ4n) is 1.36. The molecule has 10 heavy (non-hydrogen) atoms. The molecule has 1 nitrogen and oxygen atoms in total.